The van der Waals surface area contributed by atoms with Gasteiger partial charge in [0.25, 0.3) is 0 Å². The predicted molar refractivity (Wildman–Crippen MR) is 93.5 cm³/mol. The molecule has 146 valence electrons. The Morgan fingerprint density at radius 2 is 2.04 bits per heavy atom. The Labute approximate surface area is 155 Å². The normalized spacial score (nSPS) is 12.1. The van der Waals surface area contributed by atoms with Crippen LogP contribution < -0.4 is 4.74 Å². The number of Topliss-reactive ketones (excluding diaryl/α,β-unsaturated/α-hetero) is 1. The minimum absolute atomic E-state index is 0.00389. The Morgan fingerprint density at radius 3 is 2.67 bits per heavy atom. The highest BCUT2D eigenvalue weighted by Crippen LogP contribution is 2.28. The summed E-state index contributed by atoms with van der Waals surface area (Å²) in [7, 11) is 0. The van der Waals surface area contributed by atoms with Crippen LogP contribution in [0.3, 0.4) is 0 Å². The van der Waals surface area contributed by atoms with Gasteiger partial charge in [-0.1, -0.05) is 19.1 Å². The Morgan fingerprint density at radius 1 is 1.30 bits per heavy atom. The van der Waals surface area contributed by atoms with Gasteiger partial charge in [-0.3, -0.25) is 9.48 Å². The Bertz CT molecular complexity index is 826. The second-order valence-corrected chi connectivity index (χ2v) is 5.77. The molecule has 1 aromatic carbocycles. The summed E-state index contributed by atoms with van der Waals surface area (Å²) >= 11 is 0. The van der Waals surface area contributed by atoms with E-state index >= 15 is 0 Å². The van der Waals surface area contributed by atoms with E-state index in [1.807, 2.05) is 6.07 Å². The summed E-state index contributed by atoms with van der Waals surface area (Å²) in [5.74, 6) is -0.911. The third kappa shape index (κ3) is 5.35. The zero-order valence-electron chi connectivity index (χ0n) is 15.3. The fourth-order valence-corrected chi connectivity index (χ4v) is 2.39. The highest BCUT2D eigenvalue weighted by atomic mass is 19.4. The molecule has 0 radical (unpaired) electrons. The molecule has 2 rings (SSSR count). The third-order valence-corrected chi connectivity index (χ3v) is 3.88. The van der Waals surface area contributed by atoms with E-state index in [-0.39, 0.29) is 18.1 Å². The van der Waals surface area contributed by atoms with Crippen LogP contribution in [0.2, 0.25) is 0 Å². The minimum Gasteiger partial charge on any atom is -0.487 e. The van der Waals surface area contributed by atoms with Gasteiger partial charge in [-0.15, -0.1) is 0 Å². The van der Waals surface area contributed by atoms with Crippen LogP contribution >= 0.6 is 0 Å². The summed E-state index contributed by atoms with van der Waals surface area (Å²) in [5, 5.41) is 4.16. The molecule has 0 fully saturated rings. The molecule has 0 saturated carbocycles. The number of halogens is 3. The molecule has 0 aliphatic carbocycles. The van der Waals surface area contributed by atoms with E-state index < -0.39 is 11.9 Å². The molecule has 2 aromatic rings. The van der Waals surface area contributed by atoms with Crippen LogP contribution in [0.1, 0.15) is 41.8 Å². The summed E-state index contributed by atoms with van der Waals surface area (Å²) in [6.45, 7) is 5.23. The first-order chi connectivity index (χ1) is 12.8. The number of aromatic nitrogens is 2. The maximum Gasteiger partial charge on any atom is 0.452 e. The van der Waals surface area contributed by atoms with Gasteiger partial charge in [0.1, 0.15) is 12.0 Å². The number of alkyl halides is 3. The first-order valence-electron chi connectivity index (χ1n) is 8.47. The highest BCUT2D eigenvalue weighted by molar-refractivity contribution is 5.95. The molecule has 1 aromatic heterocycles. The predicted octanol–water partition coefficient (Wildman–Crippen LogP) is 4.65. The number of ether oxygens (including phenoxy) is 2. The topological polar surface area (TPSA) is 53.4 Å². The van der Waals surface area contributed by atoms with Crippen molar-refractivity contribution in [1.82, 2.24) is 9.78 Å². The summed E-state index contributed by atoms with van der Waals surface area (Å²) in [6.07, 6.45) is -0.514. The lowest BCUT2D eigenvalue weighted by Crippen LogP contribution is -2.16. The first kappa shape index (κ1) is 20.5. The number of rotatable bonds is 8. The molecular formula is C19H21F3N2O3. The standard InChI is InChI=1S/C19H21F3N2O3/c1-4-16(25)15-9-23-24(11-15)10-14-7-6-8-17(13(14)3)27-12-18(26-5-2)19(20,21)22/h6-9,11-12H,4-5,10H2,1-3H3/b18-12-. The van der Waals surface area contributed by atoms with Gasteiger partial charge >= 0.3 is 6.18 Å². The zero-order valence-corrected chi connectivity index (χ0v) is 15.3. The fraction of sp³-hybridized carbons (Fsp3) is 0.368. The minimum atomic E-state index is -4.63. The van der Waals surface area contributed by atoms with Crippen molar-refractivity contribution in [3.05, 3.63) is 59.3 Å². The molecule has 0 unspecified atom stereocenters. The fourth-order valence-electron chi connectivity index (χ4n) is 2.39. The number of hydrogen-bond donors (Lipinski definition) is 0. The first-order valence-corrected chi connectivity index (χ1v) is 8.47. The summed E-state index contributed by atoms with van der Waals surface area (Å²) in [5.41, 5.74) is 2.01. The van der Waals surface area contributed by atoms with Crippen LogP contribution in [0.4, 0.5) is 13.2 Å². The molecule has 5 nitrogen and oxygen atoms in total. The van der Waals surface area contributed by atoms with Gasteiger partial charge < -0.3 is 9.47 Å². The largest absolute Gasteiger partial charge is 0.487 e. The van der Waals surface area contributed by atoms with Crippen LogP contribution in [-0.4, -0.2) is 28.3 Å². The van der Waals surface area contributed by atoms with E-state index in [0.717, 1.165) is 5.56 Å². The number of allylic oxidation sites excluding steroid dienone is 1. The second kappa shape index (κ2) is 8.75. The van der Waals surface area contributed by atoms with E-state index in [0.29, 0.717) is 30.4 Å². The van der Waals surface area contributed by atoms with E-state index in [1.165, 1.54) is 13.1 Å². The van der Waals surface area contributed by atoms with Gasteiger partial charge in [-0.2, -0.15) is 18.3 Å². The Balaban J connectivity index is 2.20. The molecule has 0 aliphatic heterocycles. The Hall–Kier alpha value is -2.77. The Kier molecular flexibility index (Phi) is 6.65. The smallest absolute Gasteiger partial charge is 0.452 e. The van der Waals surface area contributed by atoms with Gasteiger partial charge in [-0.05, 0) is 31.0 Å². The van der Waals surface area contributed by atoms with Crippen molar-refractivity contribution in [3.8, 4) is 5.75 Å². The molecule has 0 spiro atoms. The number of carbonyl (C=O) groups is 1. The zero-order chi connectivity index (χ0) is 20.0. The summed E-state index contributed by atoms with van der Waals surface area (Å²) < 4.78 is 50.0. The van der Waals surface area contributed by atoms with Gasteiger partial charge in [0.05, 0.1) is 24.9 Å². The van der Waals surface area contributed by atoms with Crippen molar-refractivity contribution in [1.29, 1.82) is 0 Å². The SMILES string of the molecule is CCO/C(=C\Oc1cccc(Cn2cc(C(=O)CC)cn2)c1C)C(F)(F)F. The van der Waals surface area contributed by atoms with Crippen molar-refractivity contribution in [2.24, 2.45) is 0 Å². The molecule has 27 heavy (non-hydrogen) atoms. The van der Waals surface area contributed by atoms with E-state index in [4.69, 9.17) is 4.74 Å². The van der Waals surface area contributed by atoms with E-state index in [1.54, 1.807) is 36.9 Å². The molecule has 0 bridgehead atoms. The second-order valence-electron chi connectivity index (χ2n) is 5.77. The number of ketones is 1. The maximum absolute atomic E-state index is 12.9. The van der Waals surface area contributed by atoms with Crippen LogP contribution in [0.5, 0.6) is 5.75 Å². The molecule has 8 heteroatoms. The van der Waals surface area contributed by atoms with E-state index in [9.17, 15) is 18.0 Å². The molecule has 0 atom stereocenters. The number of hydrogen-bond acceptors (Lipinski definition) is 4. The summed E-state index contributed by atoms with van der Waals surface area (Å²) in [6, 6.07) is 5.08. The molecular weight excluding hydrogens is 361 g/mol. The number of benzene rings is 1. The van der Waals surface area contributed by atoms with Gasteiger partial charge in [0.15, 0.2) is 5.78 Å². The number of nitrogens with zero attached hydrogens (tertiary/aromatic N) is 2. The van der Waals surface area contributed by atoms with Crippen molar-refractivity contribution in [3.63, 3.8) is 0 Å². The lowest BCUT2D eigenvalue weighted by Gasteiger charge is -2.14. The average Bonchev–Trinajstić information content (AvgIpc) is 3.08. The van der Waals surface area contributed by atoms with Crippen molar-refractivity contribution in [2.75, 3.05) is 6.61 Å². The molecule has 1 heterocycles. The molecule has 0 saturated heterocycles. The lowest BCUT2D eigenvalue weighted by molar-refractivity contribution is -0.132. The molecule has 0 N–H and O–H groups in total. The van der Waals surface area contributed by atoms with Crippen LogP contribution in [0.15, 0.2) is 42.6 Å². The lowest BCUT2D eigenvalue weighted by atomic mass is 10.1. The average molecular weight is 382 g/mol. The number of carbonyl (C=O) groups excluding carboxylic acids is 1. The van der Waals surface area contributed by atoms with Crippen LogP contribution in [0, 0.1) is 6.92 Å². The monoisotopic (exact) mass is 382 g/mol. The van der Waals surface area contributed by atoms with Crippen molar-refractivity contribution in [2.45, 2.75) is 39.9 Å². The van der Waals surface area contributed by atoms with Crippen molar-refractivity contribution < 1.29 is 27.4 Å². The van der Waals surface area contributed by atoms with Gasteiger partial charge in [-0.25, -0.2) is 0 Å². The third-order valence-electron chi connectivity index (χ3n) is 3.88. The molecule has 0 aliphatic rings. The molecule has 0 amide bonds. The summed E-state index contributed by atoms with van der Waals surface area (Å²) in [4.78, 5) is 11.7. The van der Waals surface area contributed by atoms with Crippen molar-refractivity contribution >= 4 is 5.78 Å². The maximum atomic E-state index is 12.9. The van der Waals surface area contributed by atoms with Gasteiger partial charge in [0.2, 0.25) is 5.76 Å². The van der Waals surface area contributed by atoms with Crippen LogP contribution in [0.25, 0.3) is 0 Å². The van der Waals surface area contributed by atoms with Crippen LogP contribution in [-0.2, 0) is 11.3 Å². The van der Waals surface area contributed by atoms with E-state index in [2.05, 4.69) is 9.84 Å². The quantitative estimate of drug-likeness (QED) is 0.493. The van der Waals surface area contributed by atoms with Gasteiger partial charge in [0, 0.05) is 12.6 Å². The highest BCUT2D eigenvalue weighted by Gasteiger charge is 2.36.